The first-order chi connectivity index (χ1) is 8.13. The Morgan fingerprint density at radius 2 is 2.24 bits per heavy atom. The van der Waals surface area contributed by atoms with Gasteiger partial charge in [-0.15, -0.1) is 0 Å². The standard InChI is InChI=1S/C11H10FN3O2/c1-17-6-2-3-7(9(12)4-6)10(16)8-5-14-15-11(8)13/h2-5H,1H3,(H3,13,14,15). The minimum atomic E-state index is -0.657. The molecule has 1 aromatic carbocycles. The summed E-state index contributed by atoms with van der Waals surface area (Å²) in [5, 5.41) is 6.03. The van der Waals surface area contributed by atoms with Crippen molar-refractivity contribution in [3.63, 3.8) is 0 Å². The molecular formula is C11H10FN3O2. The number of hydrogen-bond donors (Lipinski definition) is 2. The lowest BCUT2D eigenvalue weighted by molar-refractivity contribution is 0.103. The lowest BCUT2D eigenvalue weighted by atomic mass is 10.1. The van der Waals surface area contributed by atoms with Crippen molar-refractivity contribution in [1.29, 1.82) is 0 Å². The van der Waals surface area contributed by atoms with Crippen LogP contribution in [0.25, 0.3) is 0 Å². The predicted octanol–water partition coefficient (Wildman–Crippen LogP) is 1.37. The second-order valence-electron chi connectivity index (χ2n) is 3.37. The molecule has 2 aromatic rings. The molecule has 1 heterocycles. The van der Waals surface area contributed by atoms with Gasteiger partial charge in [-0.25, -0.2) is 4.39 Å². The molecule has 3 N–H and O–H groups in total. The van der Waals surface area contributed by atoms with Crippen LogP contribution in [0.3, 0.4) is 0 Å². The SMILES string of the molecule is COc1ccc(C(=O)c2cn[nH]c2N)c(F)c1. The topological polar surface area (TPSA) is 81.0 Å². The van der Waals surface area contributed by atoms with Crippen molar-refractivity contribution in [1.82, 2.24) is 10.2 Å². The van der Waals surface area contributed by atoms with Gasteiger partial charge in [0.2, 0.25) is 5.78 Å². The highest BCUT2D eigenvalue weighted by molar-refractivity contribution is 6.11. The highest BCUT2D eigenvalue weighted by Crippen LogP contribution is 2.20. The first kappa shape index (κ1) is 11.1. The Balaban J connectivity index is 2.41. The van der Waals surface area contributed by atoms with Crippen LogP contribution < -0.4 is 10.5 Å². The predicted molar refractivity (Wildman–Crippen MR) is 59.4 cm³/mol. The van der Waals surface area contributed by atoms with Gasteiger partial charge in [0.15, 0.2) is 0 Å². The van der Waals surface area contributed by atoms with Crippen LogP contribution in [0, 0.1) is 5.82 Å². The minimum absolute atomic E-state index is 0.0705. The van der Waals surface area contributed by atoms with E-state index in [4.69, 9.17) is 10.5 Å². The van der Waals surface area contributed by atoms with E-state index in [0.29, 0.717) is 5.75 Å². The Morgan fingerprint density at radius 1 is 1.47 bits per heavy atom. The van der Waals surface area contributed by atoms with Gasteiger partial charge in [0.05, 0.1) is 24.4 Å². The van der Waals surface area contributed by atoms with Crippen LogP contribution in [0.4, 0.5) is 10.2 Å². The van der Waals surface area contributed by atoms with Gasteiger partial charge >= 0.3 is 0 Å². The molecule has 88 valence electrons. The van der Waals surface area contributed by atoms with Crippen molar-refractivity contribution in [2.45, 2.75) is 0 Å². The number of nitrogens with zero attached hydrogens (tertiary/aromatic N) is 1. The molecule has 5 nitrogen and oxygen atoms in total. The number of hydrogen-bond acceptors (Lipinski definition) is 4. The van der Waals surface area contributed by atoms with Crippen molar-refractivity contribution in [2.75, 3.05) is 12.8 Å². The summed E-state index contributed by atoms with van der Waals surface area (Å²) in [6, 6.07) is 4.00. The van der Waals surface area contributed by atoms with Crippen LogP contribution in [0.15, 0.2) is 24.4 Å². The Labute approximate surface area is 96.4 Å². The summed E-state index contributed by atoms with van der Waals surface area (Å²) in [5.41, 5.74) is 5.58. The van der Waals surface area contributed by atoms with E-state index in [1.54, 1.807) is 0 Å². The lowest BCUT2D eigenvalue weighted by Crippen LogP contribution is -2.06. The number of aromatic nitrogens is 2. The van der Waals surface area contributed by atoms with Crippen LogP contribution in [0.5, 0.6) is 5.75 Å². The van der Waals surface area contributed by atoms with Gasteiger partial charge in [0, 0.05) is 6.07 Å². The van der Waals surface area contributed by atoms with Crippen molar-refractivity contribution in [2.24, 2.45) is 0 Å². The van der Waals surface area contributed by atoms with Crippen LogP contribution >= 0.6 is 0 Å². The second-order valence-corrected chi connectivity index (χ2v) is 3.37. The quantitative estimate of drug-likeness (QED) is 0.787. The molecule has 0 unspecified atom stereocenters. The fourth-order valence-electron chi connectivity index (χ4n) is 1.43. The fraction of sp³-hybridized carbons (Fsp3) is 0.0909. The van der Waals surface area contributed by atoms with E-state index < -0.39 is 11.6 Å². The number of ether oxygens (including phenoxy) is 1. The second kappa shape index (κ2) is 4.25. The molecule has 0 aliphatic rings. The molecule has 6 heteroatoms. The number of H-pyrrole nitrogens is 1. The number of nitrogens with two attached hydrogens (primary N) is 1. The Morgan fingerprint density at radius 3 is 2.76 bits per heavy atom. The summed E-state index contributed by atoms with van der Waals surface area (Å²) in [6.07, 6.45) is 1.27. The molecule has 0 amide bonds. The number of carbonyl (C=O) groups excluding carboxylic acids is 1. The maximum atomic E-state index is 13.6. The van der Waals surface area contributed by atoms with Gasteiger partial charge < -0.3 is 10.5 Å². The number of rotatable bonds is 3. The molecule has 0 saturated heterocycles. The fourth-order valence-corrected chi connectivity index (χ4v) is 1.43. The number of aromatic amines is 1. The third-order valence-corrected chi connectivity index (χ3v) is 2.33. The van der Waals surface area contributed by atoms with E-state index in [1.165, 1.54) is 25.4 Å². The molecule has 0 bridgehead atoms. The Kier molecular flexibility index (Phi) is 2.78. The number of methoxy groups -OCH3 is 1. The van der Waals surface area contributed by atoms with E-state index >= 15 is 0 Å². The van der Waals surface area contributed by atoms with E-state index in [9.17, 15) is 9.18 Å². The maximum Gasteiger partial charge on any atom is 0.201 e. The first-order valence-corrected chi connectivity index (χ1v) is 4.80. The van der Waals surface area contributed by atoms with Crippen LogP contribution in [0.1, 0.15) is 15.9 Å². The van der Waals surface area contributed by atoms with Crippen molar-refractivity contribution in [3.8, 4) is 5.75 Å². The Bertz CT molecular complexity index is 566. The number of nitrogens with one attached hydrogen (secondary N) is 1. The third-order valence-electron chi connectivity index (χ3n) is 2.33. The van der Waals surface area contributed by atoms with Gasteiger partial charge in [-0.1, -0.05) is 0 Å². The molecule has 17 heavy (non-hydrogen) atoms. The van der Waals surface area contributed by atoms with Crippen LogP contribution in [0.2, 0.25) is 0 Å². The Hall–Kier alpha value is -2.37. The largest absolute Gasteiger partial charge is 0.497 e. The number of benzene rings is 1. The summed E-state index contributed by atoms with van der Waals surface area (Å²) in [7, 11) is 1.42. The van der Waals surface area contributed by atoms with Crippen molar-refractivity contribution < 1.29 is 13.9 Å². The van der Waals surface area contributed by atoms with E-state index in [0.717, 1.165) is 6.07 Å². The summed E-state index contributed by atoms with van der Waals surface area (Å²) < 4.78 is 18.5. The lowest BCUT2D eigenvalue weighted by Gasteiger charge is -2.04. The average Bonchev–Trinajstić information content (AvgIpc) is 2.74. The van der Waals surface area contributed by atoms with Crippen LogP contribution in [-0.4, -0.2) is 23.1 Å². The molecule has 0 aliphatic heterocycles. The van der Waals surface area contributed by atoms with E-state index in [2.05, 4.69) is 10.2 Å². The zero-order valence-corrected chi connectivity index (χ0v) is 9.03. The molecule has 0 radical (unpaired) electrons. The average molecular weight is 235 g/mol. The molecule has 0 fully saturated rings. The first-order valence-electron chi connectivity index (χ1n) is 4.80. The number of ketones is 1. The minimum Gasteiger partial charge on any atom is -0.497 e. The summed E-state index contributed by atoms with van der Waals surface area (Å²) in [5.74, 6) is -0.712. The van der Waals surface area contributed by atoms with Gasteiger partial charge in [-0.05, 0) is 12.1 Å². The maximum absolute atomic E-state index is 13.6. The molecule has 2 rings (SSSR count). The van der Waals surface area contributed by atoms with Gasteiger partial charge in [-0.2, -0.15) is 5.10 Å². The normalized spacial score (nSPS) is 10.2. The van der Waals surface area contributed by atoms with E-state index in [-0.39, 0.29) is 16.9 Å². The van der Waals surface area contributed by atoms with Crippen molar-refractivity contribution >= 4 is 11.6 Å². The number of nitrogen functional groups attached to an aromatic ring is 1. The number of carbonyl (C=O) groups is 1. The highest BCUT2D eigenvalue weighted by Gasteiger charge is 2.18. The molecule has 0 atom stereocenters. The summed E-state index contributed by atoms with van der Waals surface area (Å²) in [4.78, 5) is 11.9. The highest BCUT2D eigenvalue weighted by atomic mass is 19.1. The monoisotopic (exact) mass is 235 g/mol. The van der Waals surface area contributed by atoms with Gasteiger partial charge in [-0.3, -0.25) is 9.89 Å². The molecule has 0 aliphatic carbocycles. The summed E-state index contributed by atoms with van der Waals surface area (Å²) in [6.45, 7) is 0. The molecular weight excluding hydrogens is 225 g/mol. The van der Waals surface area contributed by atoms with Crippen LogP contribution in [-0.2, 0) is 0 Å². The van der Waals surface area contributed by atoms with Gasteiger partial charge in [0.1, 0.15) is 17.4 Å². The zero-order chi connectivity index (χ0) is 12.4. The number of halogens is 1. The number of anilines is 1. The molecule has 0 saturated carbocycles. The molecule has 0 spiro atoms. The summed E-state index contributed by atoms with van der Waals surface area (Å²) >= 11 is 0. The third kappa shape index (κ3) is 1.96. The zero-order valence-electron chi connectivity index (χ0n) is 9.03. The molecule has 1 aromatic heterocycles. The van der Waals surface area contributed by atoms with Gasteiger partial charge in [0.25, 0.3) is 0 Å². The van der Waals surface area contributed by atoms with Crippen molar-refractivity contribution in [3.05, 3.63) is 41.3 Å². The van der Waals surface area contributed by atoms with E-state index in [1.807, 2.05) is 0 Å². The smallest absolute Gasteiger partial charge is 0.201 e.